The zero-order valence-corrected chi connectivity index (χ0v) is 9.16. The van der Waals surface area contributed by atoms with Crippen molar-refractivity contribution in [3.63, 3.8) is 0 Å². The van der Waals surface area contributed by atoms with E-state index in [1.165, 1.54) is 12.8 Å². The molecule has 15 heavy (non-hydrogen) atoms. The molecule has 80 valence electrons. The van der Waals surface area contributed by atoms with Crippen molar-refractivity contribution in [2.45, 2.75) is 25.8 Å². The Kier molecular flexibility index (Phi) is 2.39. The first-order chi connectivity index (χ1) is 7.09. The number of hydrogen-bond acceptors (Lipinski definition) is 3. The number of hydrogen-bond donors (Lipinski definition) is 1. The van der Waals surface area contributed by atoms with Gasteiger partial charge >= 0.3 is 0 Å². The summed E-state index contributed by atoms with van der Waals surface area (Å²) >= 11 is 0. The first-order valence-electron chi connectivity index (χ1n) is 5.23. The minimum Gasteiger partial charge on any atom is -0.398 e. The van der Waals surface area contributed by atoms with Gasteiger partial charge in [0.1, 0.15) is 0 Å². The van der Waals surface area contributed by atoms with Crippen molar-refractivity contribution in [2.75, 3.05) is 17.7 Å². The number of ketones is 1. The third-order valence-corrected chi connectivity index (χ3v) is 2.92. The van der Waals surface area contributed by atoms with Crippen LogP contribution in [-0.4, -0.2) is 18.9 Å². The summed E-state index contributed by atoms with van der Waals surface area (Å²) in [5.41, 5.74) is 8.01. The van der Waals surface area contributed by atoms with Crippen molar-refractivity contribution in [3.05, 3.63) is 23.8 Å². The van der Waals surface area contributed by atoms with Gasteiger partial charge in [-0.15, -0.1) is 0 Å². The van der Waals surface area contributed by atoms with Crippen LogP contribution in [0.1, 0.15) is 30.1 Å². The van der Waals surface area contributed by atoms with Crippen LogP contribution in [0.5, 0.6) is 0 Å². The Morgan fingerprint density at radius 2 is 2.13 bits per heavy atom. The van der Waals surface area contributed by atoms with E-state index >= 15 is 0 Å². The molecule has 0 amide bonds. The molecule has 0 heterocycles. The van der Waals surface area contributed by atoms with Crippen molar-refractivity contribution in [1.29, 1.82) is 0 Å². The predicted molar refractivity (Wildman–Crippen MR) is 62.3 cm³/mol. The predicted octanol–water partition coefficient (Wildman–Crippen LogP) is 2.07. The average molecular weight is 204 g/mol. The molecule has 2 N–H and O–H groups in total. The SMILES string of the molecule is CC(=O)c1cc(N(C)C2CC2)ccc1N. The Bertz CT molecular complexity index is 397. The van der Waals surface area contributed by atoms with E-state index in [0.717, 1.165) is 5.69 Å². The van der Waals surface area contributed by atoms with Crippen molar-refractivity contribution < 1.29 is 4.79 Å². The van der Waals surface area contributed by atoms with Gasteiger partial charge in [-0.3, -0.25) is 4.79 Å². The van der Waals surface area contributed by atoms with Crippen LogP contribution in [0.25, 0.3) is 0 Å². The Hall–Kier alpha value is -1.51. The van der Waals surface area contributed by atoms with E-state index in [1.807, 2.05) is 18.2 Å². The van der Waals surface area contributed by atoms with Gasteiger partial charge < -0.3 is 10.6 Å². The van der Waals surface area contributed by atoms with Crippen molar-refractivity contribution in [1.82, 2.24) is 0 Å². The molecule has 0 aliphatic heterocycles. The molecule has 1 aliphatic rings. The molecule has 3 heteroatoms. The molecule has 0 atom stereocenters. The fourth-order valence-electron chi connectivity index (χ4n) is 1.74. The third-order valence-electron chi connectivity index (χ3n) is 2.92. The number of nitrogens with zero attached hydrogens (tertiary/aromatic N) is 1. The zero-order valence-electron chi connectivity index (χ0n) is 9.16. The minimum atomic E-state index is 0.0264. The van der Waals surface area contributed by atoms with Crippen LogP contribution in [0, 0.1) is 0 Å². The van der Waals surface area contributed by atoms with Gasteiger partial charge in [-0.25, -0.2) is 0 Å². The third kappa shape index (κ3) is 1.96. The summed E-state index contributed by atoms with van der Waals surface area (Å²) in [4.78, 5) is 13.5. The second kappa shape index (κ2) is 3.57. The molecule has 1 aromatic rings. The van der Waals surface area contributed by atoms with E-state index in [2.05, 4.69) is 11.9 Å². The Labute approximate surface area is 89.9 Å². The maximum Gasteiger partial charge on any atom is 0.161 e. The van der Waals surface area contributed by atoms with Crippen LogP contribution in [0.2, 0.25) is 0 Å². The first kappa shape index (κ1) is 10.0. The average Bonchev–Trinajstić information content (AvgIpc) is 3.00. The normalized spacial score (nSPS) is 15.1. The van der Waals surface area contributed by atoms with Gasteiger partial charge in [0.05, 0.1) is 0 Å². The number of anilines is 2. The summed E-state index contributed by atoms with van der Waals surface area (Å²) in [6, 6.07) is 6.31. The number of rotatable bonds is 3. The molecule has 1 saturated carbocycles. The second-order valence-corrected chi connectivity index (χ2v) is 4.17. The van der Waals surface area contributed by atoms with Gasteiger partial charge in [0.2, 0.25) is 0 Å². The summed E-state index contributed by atoms with van der Waals surface area (Å²) in [6.45, 7) is 1.55. The van der Waals surface area contributed by atoms with Crippen LogP contribution in [0.4, 0.5) is 11.4 Å². The van der Waals surface area contributed by atoms with Crippen LogP contribution in [-0.2, 0) is 0 Å². The lowest BCUT2D eigenvalue weighted by Gasteiger charge is -2.19. The fourth-order valence-corrected chi connectivity index (χ4v) is 1.74. The number of benzene rings is 1. The highest BCUT2D eigenvalue weighted by atomic mass is 16.1. The van der Waals surface area contributed by atoms with Gasteiger partial charge in [-0.1, -0.05) is 0 Å². The standard InChI is InChI=1S/C12H16N2O/c1-8(15)11-7-10(5-6-12(11)13)14(2)9-3-4-9/h5-7,9H,3-4,13H2,1-2H3. The van der Waals surface area contributed by atoms with Gasteiger partial charge in [-0.05, 0) is 38.0 Å². The molecule has 3 nitrogen and oxygen atoms in total. The number of nitrogens with two attached hydrogens (primary N) is 1. The highest BCUT2D eigenvalue weighted by Crippen LogP contribution is 2.31. The summed E-state index contributed by atoms with van der Waals surface area (Å²) < 4.78 is 0. The van der Waals surface area contributed by atoms with Gasteiger partial charge in [-0.2, -0.15) is 0 Å². The summed E-state index contributed by atoms with van der Waals surface area (Å²) in [6.07, 6.45) is 2.49. The molecule has 1 aromatic carbocycles. The lowest BCUT2D eigenvalue weighted by atomic mass is 10.1. The topological polar surface area (TPSA) is 46.3 Å². The maximum atomic E-state index is 11.3. The van der Waals surface area contributed by atoms with Crippen LogP contribution in [0.3, 0.4) is 0 Å². The van der Waals surface area contributed by atoms with Crippen molar-refractivity contribution >= 4 is 17.2 Å². The highest BCUT2D eigenvalue weighted by Gasteiger charge is 2.26. The molecular weight excluding hydrogens is 188 g/mol. The molecule has 0 aromatic heterocycles. The number of nitrogen functional groups attached to an aromatic ring is 1. The molecule has 0 unspecified atom stereocenters. The molecule has 0 radical (unpaired) electrons. The van der Waals surface area contributed by atoms with Crippen LogP contribution >= 0.6 is 0 Å². The van der Waals surface area contributed by atoms with E-state index in [-0.39, 0.29) is 5.78 Å². The fraction of sp³-hybridized carbons (Fsp3) is 0.417. The highest BCUT2D eigenvalue weighted by molar-refractivity contribution is 6.00. The molecule has 2 rings (SSSR count). The monoisotopic (exact) mass is 204 g/mol. The number of Topliss-reactive ketones (excluding diaryl/α,β-unsaturated/α-hetero) is 1. The van der Waals surface area contributed by atoms with E-state index in [1.54, 1.807) is 6.92 Å². The van der Waals surface area contributed by atoms with E-state index in [0.29, 0.717) is 17.3 Å². The minimum absolute atomic E-state index is 0.0264. The van der Waals surface area contributed by atoms with Crippen molar-refractivity contribution in [2.24, 2.45) is 0 Å². The van der Waals surface area contributed by atoms with Crippen molar-refractivity contribution in [3.8, 4) is 0 Å². The molecular formula is C12H16N2O. The summed E-state index contributed by atoms with van der Waals surface area (Å²) in [5, 5.41) is 0. The van der Waals surface area contributed by atoms with E-state index in [4.69, 9.17) is 5.73 Å². The van der Waals surface area contributed by atoms with Crippen LogP contribution in [0.15, 0.2) is 18.2 Å². The zero-order chi connectivity index (χ0) is 11.0. The molecule has 0 saturated heterocycles. The lowest BCUT2D eigenvalue weighted by molar-refractivity contribution is 0.101. The lowest BCUT2D eigenvalue weighted by Crippen LogP contribution is -2.19. The van der Waals surface area contributed by atoms with E-state index in [9.17, 15) is 4.79 Å². The summed E-state index contributed by atoms with van der Waals surface area (Å²) in [5.74, 6) is 0.0264. The van der Waals surface area contributed by atoms with Gasteiger partial charge in [0.15, 0.2) is 5.78 Å². The second-order valence-electron chi connectivity index (χ2n) is 4.17. The smallest absolute Gasteiger partial charge is 0.161 e. The molecule has 0 spiro atoms. The molecule has 0 bridgehead atoms. The number of carbonyl (C=O) groups excluding carboxylic acids is 1. The number of carbonyl (C=O) groups is 1. The maximum absolute atomic E-state index is 11.3. The van der Waals surface area contributed by atoms with Gasteiger partial charge in [0, 0.05) is 30.0 Å². The largest absolute Gasteiger partial charge is 0.398 e. The van der Waals surface area contributed by atoms with Gasteiger partial charge in [0.25, 0.3) is 0 Å². The van der Waals surface area contributed by atoms with E-state index < -0.39 is 0 Å². The quantitative estimate of drug-likeness (QED) is 0.605. The Morgan fingerprint density at radius 3 is 2.67 bits per heavy atom. The Morgan fingerprint density at radius 1 is 1.47 bits per heavy atom. The summed E-state index contributed by atoms with van der Waals surface area (Å²) in [7, 11) is 2.06. The van der Waals surface area contributed by atoms with Crippen LogP contribution < -0.4 is 10.6 Å². The Balaban J connectivity index is 2.32. The molecule has 1 aliphatic carbocycles. The molecule has 1 fully saturated rings. The first-order valence-corrected chi connectivity index (χ1v) is 5.23.